The number of benzene rings is 1. The molecule has 0 aliphatic carbocycles. The van der Waals surface area contributed by atoms with Gasteiger partial charge in [-0.05, 0) is 30.7 Å². The predicted molar refractivity (Wildman–Crippen MR) is 60.9 cm³/mol. The van der Waals surface area contributed by atoms with Crippen molar-refractivity contribution in [2.45, 2.75) is 6.92 Å². The minimum absolute atomic E-state index is 0.103. The fourth-order valence-corrected chi connectivity index (χ4v) is 1.66. The monoisotopic (exact) mass is 199 g/mol. The molecule has 2 aromatic rings. The SMILES string of the molecule is CC(=O)c1cccc(-c2cccn2C)c1. The van der Waals surface area contributed by atoms with Crippen molar-refractivity contribution >= 4 is 5.78 Å². The van der Waals surface area contributed by atoms with Gasteiger partial charge in [-0.2, -0.15) is 0 Å². The topological polar surface area (TPSA) is 22.0 Å². The Morgan fingerprint density at radius 3 is 2.60 bits per heavy atom. The van der Waals surface area contributed by atoms with Gasteiger partial charge in [0.1, 0.15) is 0 Å². The van der Waals surface area contributed by atoms with Crippen LogP contribution in [0.1, 0.15) is 17.3 Å². The van der Waals surface area contributed by atoms with Gasteiger partial charge in [-0.25, -0.2) is 0 Å². The minimum Gasteiger partial charge on any atom is -0.351 e. The van der Waals surface area contributed by atoms with Gasteiger partial charge in [-0.1, -0.05) is 18.2 Å². The van der Waals surface area contributed by atoms with Crippen molar-refractivity contribution in [3.8, 4) is 11.3 Å². The number of aryl methyl sites for hydroxylation is 1. The summed E-state index contributed by atoms with van der Waals surface area (Å²) < 4.78 is 2.04. The van der Waals surface area contributed by atoms with Crippen molar-refractivity contribution in [1.82, 2.24) is 4.57 Å². The lowest BCUT2D eigenvalue weighted by Gasteiger charge is -2.04. The van der Waals surface area contributed by atoms with Crippen molar-refractivity contribution < 1.29 is 4.79 Å². The van der Waals surface area contributed by atoms with E-state index < -0.39 is 0 Å². The zero-order valence-corrected chi connectivity index (χ0v) is 8.90. The number of rotatable bonds is 2. The van der Waals surface area contributed by atoms with Crippen LogP contribution in [0.25, 0.3) is 11.3 Å². The van der Waals surface area contributed by atoms with Crippen LogP contribution in [0, 0.1) is 0 Å². The van der Waals surface area contributed by atoms with Gasteiger partial charge in [0.25, 0.3) is 0 Å². The van der Waals surface area contributed by atoms with E-state index in [0.717, 1.165) is 16.8 Å². The van der Waals surface area contributed by atoms with Crippen LogP contribution in [0.3, 0.4) is 0 Å². The molecule has 2 nitrogen and oxygen atoms in total. The maximum Gasteiger partial charge on any atom is 0.159 e. The van der Waals surface area contributed by atoms with Crippen molar-refractivity contribution in [2.24, 2.45) is 7.05 Å². The van der Waals surface area contributed by atoms with Crippen molar-refractivity contribution in [1.29, 1.82) is 0 Å². The molecule has 0 saturated heterocycles. The molecule has 2 rings (SSSR count). The molecule has 0 radical (unpaired) electrons. The van der Waals surface area contributed by atoms with Gasteiger partial charge in [-0.3, -0.25) is 4.79 Å². The fraction of sp³-hybridized carbons (Fsp3) is 0.154. The Hall–Kier alpha value is -1.83. The van der Waals surface area contributed by atoms with E-state index in [1.807, 2.05) is 54.2 Å². The van der Waals surface area contributed by atoms with E-state index in [9.17, 15) is 4.79 Å². The van der Waals surface area contributed by atoms with E-state index in [2.05, 4.69) is 0 Å². The molecule has 0 aliphatic rings. The van der Waals surface area contributed by atoms with Gasteiger partial charge in [0.2, 0.25) is 0 Å². The molecule has 1 heterocycles. The average molecular weight is 199 g/mol. The number of carbonyl (C=O) groups is 1. The third-order valence-electron chi connectivity index (χ3n) is 2.51. The van der Waals surface area contributed by atoms with Crippen molar-refractivity contribution in [3.05, 3.63) is 48.2 Å². The Balaban J connectivity index is 2.50. The number of Topliss-reactive ketones (excluding diaryl/α,β-unsaturated/α-hetero) is 1. The molecule has 0 unspecified atom stereocenters. The lowest BCUT2D eigenvalue weighted by molar-refractivity contribution is 0.101. The molecule has 0 aliphatic heterocycles. The summed E-state index contributed by atoms with van der Waals surface area (Å²) in [6.45, 7) is 1.59. The van der Waals surface area contributed by atoms with Gasteiger partial charge in [0.15, 0.2) is 5.78 Å². The molecule has 0 atom stereocenters. The largest absolute Gasteiger partial charge is 0.351 e. The average Bonchev–Trinajstić information content (AvgIpc) is 2.64. The molecule has 2 heteroatoms. The quantitative estimate of drug-likeness (QED) is 0.682. The number of carbonyl (C=O) groups excluding carboxylic acids is 1. The second-order valence-corrected chi connectivity index (χ2v) is 3.64. The Morgan fingerprint density at radius 2 is 2.00 bits per heavy atom. The zero-order valence-electron chi connectivity index (χ0n) is 8.90. The Morgan fingerprint density at radius 1 is 1.20 bits per heavy atom. The highest BCUT2D eigenvalue weighted by atomic mass is 16.1. The Bertz CT molecular complexity index is 497. The number of ketones is 1. The molecule has 76 valence electrons. The summed E-state index contributed by atoms with van der Waals surface area (Å²) in [6.07, 6.45) is 2.00. The van der Waals surface area contributed by atoms with E-state index >= 15 is 0 Å². The molecular weight excluding hydrogens is 186 g/mol. The summed E-state index contributed by atoms with van der Waals surface area (Å²) in [5.41, 5.74) is 2.96. The fourth-order valence-electron chi connectivity index (χ4n) is 1.66. The maximum atomic E-state index is 11.2. The van der Waals surface area contributed by atoms with Gasteiger partial charge in [-0.15, -0.1) is 0 Å². The van der Waals surface area contributed by atoms with Crippen LogP contribution in [0.5, 0.6) is 0 Å². The molecule has 1 aromatic heterocycles. The summed E-state index contributed by atoms with van der Waals surface area (Å²) in [7, 11) is 2.00. The van der Waals surface area contributed by atoms with Gasteiger partial charge in [0.05, 0.1) is 0 Å². The van der Waals surface area contributed by atoms with Crippen LogP contribution < -0.4 is 0 Å². The highest BCUT2D eigenvalue weighted by molar-refractivity contribution is 5.95. The molecule has 1 aromatic carbocycles. The summed E-state index contributed by atoms with van der Waals surface area (Å²) in [4.78, 5) is 11.2. The minimum atomic E-state index is 0.103. The van der Waals surface area contributed by atoms with Crippen LogP contribution in [0.4, 0.5) is 0 Å². The lowest BCUT2D eigenvalue weighted by atomic mass is 10.1. The number of nitrogens with zero attached hydrogens (tertiary/aromatic N) is 1. The molecule has 0 fully saturated rings. The first kappa shape index (κ1) is 9.71. The second-order valence-electron chi connectivity index (χ2n) is 3.64. The van der Waals surface area contributed by atoms with E-state index in [1.165, 1.54) is 0 Å². The lowest BCUT2D eigenvalue weighted by Crippen LogP contribution is -1.94. The van der Waals surface area contributed by atoms with Crippen molar-refractivity contribution in [2.75, 3.05) is 0 Å². The number of hydrogen-bond donors (Lipinski definition) is 0. The highest BCUT2D eigenvalue weighted by Gasteiger charge is 2.04. The first-order valence-corrected chi connectivity index (χ1v) is 4.91. The van der Waals surface area contributed by atoms with Crippen molar-refractivity contribution in [3.63, 3.8) is 0 Å². The normalized spacial score (nSPS) is 10.3. The third kappa shape index (κ3) is 1.84. The van der Waals surface area contributed by atoms with Crippen LogP contribution >= 0.6 is 0 Å². The molecule has 0 saturated carbocycles. The molecular formula is C13H13NO. The van der Waals surface area contributed by atoms with Gasteiger partial charge in [0, 0.05) is 24.5 Å². The molecule has 0 spiro atoms. The first-order valence-electron chi connectivity index (χ1n) is 4.91. The van der Waals surface area contributed by atoms with Crippen LogP contribution in [0.2, 0.25) is 0 Å². The maximum absolute atomic E-state index is 11.2. The Labute approximate surface area is 89.2 Å². The smallest absolute Gasteiger partial charge is 0.159 e. The zero-order chi connectivity index (χ0) is 10.8. The predicted octanol–water partition coefficient (Wildman–Crippen LogP) is 2.89. The van der Waals surface area contributed by atoms with Crippen LogP contribution in [0.15, 0.2) is 42.6 Å². The second kappa shape index (κ2) is 3.73. The Kier molecular flexibility index (Phi) is 2.42. The van der Waals surface area contributed by atoms with Gasteiger partial charge >= 0.3 is 0 Å². The van der Waals surface area contributed by atoms with Crippen LogP contribution in [-0.4, -0.2) is 10.4 Å². The molecule has 15 heavy (non-hydrogen) atoms. The molecule has 0 amide bonds. The number of aromatic nitrogens is 1. The van der Waals surface area contributed by atoms with E-state index in [4.69, 9.17) is 0 Å². The van der Waals surface area contributed by atoms with Gasteiger partial charge < -0.3 is 4.57 Å². The molecule has 0 bridgehead atoms. The summed E-state index contributed by atoms with van der Waals surface area (Å²) in [6, 6.07) is 11.7. The first-order chi connectivity index (χ1) is 7.18. The standard InChI is InChI=1S/C13H13NO/c1-10(15)11-5-3-6-12(9-11)13-7-4-8-14(13)2/h3-9H,1-2H3. The third-order valence-corrected chi connectivity index (χ3v) is 2.51. The number of hydrogen-bond acceptors (Lipinski definition) is 1. The summed E-state index contributed by atoms with van der Waals surface area (Å²) >= 11 is 0. The summed E-state index contributed by atoms with van der Waals surface area (Å²) in [5, 5.41) is 0. The highest BCUT2D eigenvalue weighted by Crippen LogP contribution is 2.20. The molecule has 0 N–H and O–H groups in total. The van der Waals surface area contributed by atoms with Crippen LogP contribution in [-0.2, 0) is 7.05 Å². The van der Waals surface area contributed by atoms with E-state index in [1.54, 1.807) is 6.92 Å². The van der Waals surface area contributed by atoms with E-state index in [0.29, 0.717) is 0 Å². The van der Waals surface area contributed by atoms with E-state index in [-0.39, 0.29) is 5.78 Å². The summed E-state index contributed by atoms with van der Waals surface area (Å²) in [5.74, 6) is 0.103.